The maximum atomic E-state index is 13.2. The Bertz CT molecular complexity index is 1120. The quantitative estimate of drug-likeness (QED) is 0.124. The number of esters is 1. The van der Waals surface area contributed by atoms with E-state index in [1.165, 1.54) is 7.11 Å². The minimum Gasteiger partial charge on any atom is -0.493 e. The molecule has 2 N–H and O–H groups in total. The SMILES string of the molecule is C=CC(C)CC/C=C/CC(C#N)CC(C)(CC(C)(CC)C(=O)OCC(O)COc1ccc(/C=C/C)cc1OC)C(=O)O. The Balaban J connectivity index is 2.80. The summed E-state index contributed by atoms with van der Waals surface area (Å²) in [5.74, 6) is -0.827. The van der Waals surface area contributed by atoms with Crippen LogP contribution in [-0.4, -0.2) is 48.6 Å². The van der Waals surface area contributed by atoms with Crippen LogP contribution in [0.15, 0.2) is 49.1 Å². The first-order valence-electron chi connectivity index (χ1n) is 14.6. The fourth-order valence-electron chi connectivity index (χ4n) is 4.70. The monoisotopic (exact) mass is 583 g/mol. The number of aliphatic hydroxyl groups is 1. The maximum absolute atomic E-state index is 13.2. The van der Waals surface area contributed by atoms with E-state index in [2.05, 4.69) is 19.6 Å². The van der Waals surface area contributed by atoms with Crippen molar-refractivity contribution in [3.8, 4) is 17.6 Å². The van der Waals surface area contributed by atoms with Gasteiger partial charge in [0.1, 0.15) is 19.3 Å². The molecule has 0 spiro atoms. The highest BCUT2D eigenvalue weighted by atomic mass is 16.6. The first-order valence-corrected chi connectivity index (χ1v) is 14.6. The second kappa shape index (κ2) is 18.1. The second-order valence-corrected chi connectivity index (χ2v) is 11.5. The van der Waals surface area contributed by atoms with Gasteiger partial charge in [0.2, 0.25) is 0 Å². The van der Waals surface area contributed by atoms with Gasteiger partial charge in [0, 0.05) is 0 Å². The van der Waals surface area contributed by atoms with Gasteiger partial charge in [-0.3, -0.25) is 9.59 Å². The smallest absolute Gasteiger partial charge is 0.311 e. The predicted molar refractivity (Wildman–Crippen MR) is 165 cm³/mol. The molecule has 1 rings (SSSR count). The van der Waals surface area contributed by atoms with Crippen molar-refractivity contribution in [2.24, 2.45) is 22.7 Å². The lowest BCUT2D eigenvalue weighted by Crippen LogP contribution is -2.41. The maximum Gasteiger partial charge on any atom is 0.311 e. The van der Waals surface area contributed by atoms with Crippen LogP contribution in [-0.2, 0) is 14.3 Å². The van der Waals surface area contributed by atoms with Crippen LogP contribution in [0.2, 0.25) is 0 Å². The minimum atomic E-state index is -1.33. The third-order valence-corrected chi connectivity index (χ3v) is 7.61. The highest BCUT2D eigenvalue weighted by Crippen LogP contribution is 2.42. The van der Waals surface area contributed by atoms with Crippen molar-refractivity contribution in [2.75, 3.05) is 20.3 Å². The normalized spacial score (nSPS) is 16.5. The predicted octanol–water partition coefficient (Wildman–Crippen LogP) is 6.99. The summed E-state index contributed by atoms with van der Waals surface area (Å²) in [7, 11) is 1.53. The van der Waals surface area contributed by atoms with E-state index in [0.717, 1.165) is 18.4 Å². The number of hydrogen-bond donors (Lipinski definition) is 2. The number of rotatable bonds is 20. The number of carboxylic acid groups (broad SMARTS) is 1. The van der Waals surface area contributed by atoms with Gasteiger partial charge in [-0.15, -0.1) is 6.58 Å². The van der Waals surface area contributed by atoms with E-state index in [9.17, 15) is 25.1 Å². The standard InChI is InChI=1S/C34H49NO7/c1-8-14-26-17-18-29(30(19-26)40-7)41-22-28(36)23-42-32(39)33(5,10-3)24-34(6,31(37)38)20-27(21-35)16-13-11-12-15-25(4)9-2/h8-9,11,13-14,17-19,25,27-28,36H,2,10,12,15-16,20,22-24H2,1,3-7H3,(H,37,38)/b13-11+,14-8+. The lowest BCUT2D eigenvalue weighted by atomic mass is 9.67. The third-order valence-electron chi connectivity index (χ3n) is 7.61. The van der Waals surface area contributed by atoms with Crippen LogP contribution in [0.25, 0.3) is 6.08 Å². The molecule has 0 aromatic heterocycles. The van der Waals surface area contributed by atoms with Crippen molar-refractivity contribution in [2.45, 2.75) is 79.2 Å². The molecular formula is C34H49NO7. The van der Waals surface area contributed by atoms with Crippen molar-refractivity contribution in [3.63, 3.8) is 0 Å². The van der Waals surface area contributed by atoms with Gasteiger partial charge in [-0.05, 0) is 82.9 Å². The van der Waals surface area contributed by atoms with Crippen LogP contribution < -0.4 is 9.47 Å². The molecule has 8 nitrogen and oxygen atoms in total. The lowest BCUT2D eigenvalue weighted by molar-refractivity contribution is -0.164. The average Bonchev–Trinajstić information content (AvgIpc) is 2.97. The Hall–Kier alpha value is -3.57. The summed E-state index contributed by atoms with van der Waals surface area (Å²) in [5.41, 5.74) is -1.52. The molecule has 42 heavy (non-hydrogen) atoms. The molecule has 0 heterocycles. The Kier molecular flexibility index (Phi) is 15.7. The highest BCUT2D eigenvalue weighted by molar-refractivity contribution is 5.79. The topological polar surface area (TPSA) is 126 Å². The van der Waals surface area contributed by atoms with E-state index in [-0.39, 0.29) is 26.1 Å². The molecule has 0 amide bonds. The molecule has 0 saturated carbocycles. The molecule has 0 aliphatic heterocycles. The summed E-state index contributed by atoms with van der Waals surface area (Å²) >= 11 is 0. The summed E-state index contributed by atoms with van der Waals surface area (Å²) in [4.78, 5) is 25.6. The number of benzene rings is 1. The molecule has 0 radical (unpaired) electrons. The van der Waals surface area contributed by atoms with Crippen molar-refractivity contribution in [1.82, 2.24) is 0 Å². The second-order valence-electron chi connectivity index (χ2n) is 11.5. The number of allylic oxidation sites excluding steroid dienone is 4. The molecule has 0 aliphatic carbocycles. The van der Waals surface area contributed by atoms with Gasteiger partial charge in [0.05, 0.1) is 29.9 Å². The number of nitriles is 1. The molecule has 1 aromatic carbocycles. The molecule has 0 saturated heterocycles. The highest BCUT2D eigenvalue weighted by Gasteiger charge is 2.46. The van der Waals surface area contributed by atoms with E-state index < -0.39 is 34.8 Å². The van der Waals surface area contributed by atoms with Crippen LogP contribution in [0.4, 0.5) is 0 Å². The number of carbonyl (C=O) groups is 2. The first kappa shape index (κ1) is 36.5. The van der Waals surface area contributed by atoms with E-state index in [1.54, 1.807) is 26.8 Å². The summed E-state index contributed by atoms with van der Waals surface area (Å²) < 4.78 is 16.5. The molecule has 0 aliphatic rings. The fraction of sp³-hybridized carbons (Fsp3) is 0.559. The van der Waals surface area contributed by atoms with E-state index in [4.69, 9.17) is 14.2 Å². The zero-order valence-corrected chi connectivity index (χ0v) is 26.1. The van der Waals surface area contributed by atoms with Crippen molar-refractivity contribution >= 4 is 18.0 Å². The van der Waals surface area contributed by atoms with Crippen molar-refractivity contribution in [1.29, 1.82) is 5.26 Å². The summed E-state index contributed by atoms with van der Waals surface area (Å²) in [5, 5.41) is 30.3. The number of methoxy groups -OCH3 is 1. The Morgan fingerprint density at radius 1 is 1.17 bits per heavy atom. The van der Waals surface area contributed by atoms with Gasteiger partial charge in [0.15, 0.2) is 11.5 Å². The fourth-order valence-corrected chi connectivity index (χ4v) is 4.70. The van der Waals surface area contributed by atoms with Gasteiger partial charge in [-0.25, -0.2) is 0 Å². The molecule has 5 atom stereocenters. The van der Waals surface area contributed by atoms with Gasteiger partial charge in [-0.1, -0.05) is 50.3 Å². The molecule has 5 unspecified atom stereocenters. The largest absolute Gasteiger partial charge is 0.493 e. The van der Waals surface area contributed by atoms with Gasteiger partial charge in [0.25, 0.3) is 0 Å². The zero-order valence-electron chi connectivity index (χ0n) is 26.1. The Labute approximate surface area is 251 Å². The number of aliphatic hydroxyl groups excluding tert-OH is 1. The van der Waals surface area contributed by atoms with Crippen molar-refractivity contribution < 1.29 is 34.0 Å². The number of carboxylic acids is 1. The molecular weight excluding hydrogens is 534 g/mol. The third kappa shape index (κ3) is 11.7. The van der Waals surface area contributed by atoms with Gasteiger partial charge < -0.3 is 24.4 Å². The van der Waals surface area contributed by atoms with Crippen LogP contribution in [0.5, 0.6) is 11.5 Å². The molecule has 1 aromatic rings. The Morgan fingerprint density at radius 3 is 2.45 bits per heavy atom. The number of nitrogens with zero attached hydrogens (tertiary/aromatic N) is 1. The van der Waals surface area contributed by atoms with E-state index in [0.29, 0.717) is 30.3 Å². The number of aliphatic carboxylic acids is 1. The molecule has 232 valence electrons. The summed E-state index contributed by atoms with van der Waals surface area (Å²) in [6, 6.07) is 7.64. The van der Waals surface area contributed by atoms with Crippen LogP contribution in [0.3, 0.4) is 0 Å². The van der Waals surface area contributed by atoms with Crippen LogP contribution in [0, 0.1) is 34.0 Å². The number of hydrogen-bond acceptors (Lipinski definition) is 7. The summed E-state index contributed by atoms with van der Waals surface area (Å²) in [6.07, 6.45) is 11.2. The number of carbonyl (C=O) groups excluding carboxylic acids is 1. The van der Waals surface area contributed by atoms with Gasteiger partial charge >= 0.3 is 11.9 Å². The van der Waals surface area contributed by atoms with Crippen molar-refractivity contribution in [3.05, 3.63) is 54.6 Å². The van der Waals surface area contributed by atoms with Crippen LogP contribution in [0.1, 0.15) is 78.7 Å². The minimum absolute atomic E-state index is 0.00818. The molecule has 0 fully saturated rings. The zero-order chi connectivity index (χ0) is 31.8. The average molecular weight is 584 g/mol. The first-order chi connectivity index (χ1) is 19.9. The lowest BCUT2D eigenvalue weighted by Gasteiger charge is -2.36. The van der Waals surface area contributed by atoms with E-state index in [1.807, 2.05) is 49.4 Å². The molecule has 8 heteroatoms. The Morgan fingerprint density at radius 2 is 1.88 bits per heavy atom. The van der Waals surface area contributed by atoms with Crippen LogP contribution >= 0.6 is 0 Å². The number of ether oxygens (including phenoxy) is 3. The summed E-state index contributed by atoms with van der Waals surface area (Å²) in [6.45, 7) is 12.4. The van der Waals surface area contributed by atoms with E-state index >= 15 is 0 Å². The molecule has 0 bridgehead atoms. The van der Waals surface area contributed by atoms with Gasteiger partial charge in [-0.2, -0.15) is 5.26 Å².